The van der Waals surface area contributed by atoms with Gasteiger partial charge in [0.2, 0.25) is 0 Å². The van der Waals surface area contributed by atoms with Gasteiger partial charge in [0.25, 0.3) is 0 Å². The Balaban J connectivity index is 2.11. The predicted octanol–water partition coefficient (Wildman–Crippen LogP) is 6.10. The van der Waals surface area contributed by atoms with Gasteiger partial charge in [-0.1, -0.05) is 29.8 Å². The van der Waals surface area contributed by atoms with E-state index in [0.29, 0.717) is 21.2 Å². The number of nitrogens with zero attached hydrogens (tertiary/aromatic N) is 1. The van der Waals surface area contributed by atoms with Crippen LogP contribution in [0.15, 0.2) is 47.1 Å². The van der Waals surface area contributed by atoms with Gasteiger partial charge in [-0.2, -0.15) is 0 Å². The van der Waals surface area contributed by atoms with Crippen molar-refractivity contribution in [1.82, 2.24) is 4.98 Å². The van der Waals surface area contributed by atoms with Gasteiger partial charge in [-0.25, -0.2) is 8.78 Å². The number of fused-ring (bicyclic) bond motifs is 1. The Morgan fingerprint density at radius 3 is 2.65 bits per heavy atom. The molecule has 0 fully saturated rings. The van der Waals surface area contributed by atoms with E-state index in [4.69, 9.17) is 11.6 Å². The van der Waals surface area contributed by atoms with Crippen LogP contribution in [0.1, 0.15) is 18.5 Å². The summed E-state index contributed by atoms with van der Waals surface area (Å²) in [7, 11) is 0. The number of hydrogen-bond donors (Lipinski definition) is 1. The van der Waals surface area contributed by atoms with Gasteiger partial charge in [0.15, 0.2) is 0 Å². The molecule has 2 nitrogen and oxygen atoms in total. The lowest BCUT2D eigenvalue weighted by atomic mass is 10.1. The fraction of sp³-hybridized carbons (Fsp3) is 0.118. The van der Waals surface area contributed by atoms with Crippen molar-refractivity contribution in [1.29, 1.82) is 0 Å². The van der Waals surface area contributed by atoms with E-state index < -0.39 is 11.9 Å². The first-order chi connectivity index (χ1) is 11.0. The summed E-state index contributed by atoms with van der Waals surface area (Å²) >= 11 is 9.36. The lowest BCUT2D eigenvalue weighted by molar-refractivity contribution is 0.600. The second-order valence-corrected chi connectivity index (χ2v) is 6.39. The quantitative estimate of drug-likeness (QED) is 0.577. The van der Waals surface area contributed by atoms with Crippen molar-refractivity contribution in [3.05, 3.63) is 69.3 Å². The molecule has 0 spiro atoms. The van der Waals surface area contributed by atoms with Gasteiger partial charge in [0.05, 0.1) is 32.1 Å². The summed E-state index contributed by atoms with van der Waals surface area (Å²) in [6.45, 7) is 1.79. The zero-order valence-corrected chi connectivity index (χ0v) is 14.4. The topological polar surface area (TPSA) is 24.9 Å². The molecule has 0 aliphatic heterocycles. The molecule has 3 aromatic rings. The van der Waals surface area contributed by atoms with Crippen LogP contribution in [0.5, 0.6) is 0 Å². The maximum atomic E-state index is 14.5. The van der Waals surface area contributed by atoms with Crippen molar-refractivity contribution in [2.75, 3.05) is 5.32 Å². The Bertz CT molecular complexity index is 881. The number of halogens is 4. The van der Waals surface area contributed by atoms with Gasteiger partial charge >= 0.3 is 0 Å². The second-order valence-electron chi connectivity index (χ2n) is 5.12. The zero-order valence-electron chi connectivity index (χ0n) is 12.1. The maximum absolute atomic E-state index is 14.5. The Morgan fingerprint density at radius 2 is 1.91 bits per heavy atom. The van der Waals surface area contributed by atoms with Crippen LogP contribution in [-0.4, -0.2) is 4.98 Å². The number of rotatable bonds is 3. The molecule has 1 aromatic heterocycles. The highest BCUT2D eigenvalue weighted by atomic mass is 79.9. The molecular weight excluding hydrogens is 386 g/mol. The fourth-order valence-corrected chi connectivity index (χ4v) is 2.99. The third kappa shape index (κ3) is 3.03. The molecule has 0 bridgehead atoms. The van der Waals surface area contributed by atoms with Gasteiger partial charge in [0, 0.05) is 11.8 Å². The van der Waals surface area contributed by atoms with Crippen LogP contribution < -0.4 is 5.32 Å². The maximum Gasteiger partial charge on any atom is 0.148 e. The van der Waals surface area contributed by atoms with Crippen LogP contribution in [0.4, 0.5) is 14.5 Å². The van der Waals surface area contributed by atoms with Crippen molar-refractivity contribution >= 4 is 44.1 Å². The minimum atomic E-state index is -0.458. The van der Waals surface area contributed by atoms with E-state index in [-0.39, 0.29) is 16.2 Å². The summed E-state index contributed by atoms with van der Waals surface area (Å²) in [6.07, 6.45) is 1.45. The summed E-state index contributed by atoms with van der Waals surface area (Å²) in [5, 5.41) is 3.65. The molecule has 2 aromatic carbocycles. The second kappa shape index (κ2) is 6.42. The summed E-state index contributed by atoms with van der Waals surface area (Å²) in [6, 6.07) is 9.32. The van der Waals surface area contributed by atoms with Crippen molar-refractivity contribution in [2.24, 2.45) is 0 Å². The zero-order chi connectivity index (χ0) is 16.6. The highest BCUT2D eigenvalue weighted by Gasteiger charge is 2.17. The Kier molecular flexibility index (Phi) is 4.50. The van der Waals surface area contributed by atoms with Crippen molar-refractivity contribution in [2.45, 2.75) is 13.0 Å². The van der Waals surface area contributed by atoms with E-state index in [2.05, 4.69) is 26.2 Å². The Morgan fingerprint density at radius 1 is 1.17 bits per heavy atom. The van der Waals surface area contributed by atoms with Crippen molar-refractivity contribution in [3.8, 4) is 0 Å². The number of hydrogen-bond acceptors (Lipinski definition) is 2. The van der Waals surface area contributed by atoms with Crippen LogP contribution in [-0.2, 0) is 0 Å². The number of anilines is 1. The fourth-order valence-electron chi connectivity index (χ4n) is 2.46. The van der Waals surface area contributed by atoms with E-state index >= 15 is 0 Å². The van der Waals surface area contributed by atoms with E-state index in [0.717, 1.165) is 0 Å². The predicted molar refractivity (Wildman–Crippen MR) is 92.8 cm³/mol. The molecule has 1 unspecified atom stereocenters. The molecule has 0 aliphatic rings. The first-order valence-electron chi connectivity index (χ1n) is 6.92. The van der Waals surface area contributed by atoms with Crippen LogP contribution >= 0.6 is 27.5 Å². The van der Waals surface area contributed by atoms with Crippen molar-refractivity contribution in [3.63, 3.8) is 0 Å². The lowest BCUT2D eigenvalue weighted by Gasteiger charge is -2.19. The summed E-state index contributed by atoms with van der Waals surface area (Å²) in [5.41, 5.74) is 1.34. The molecule has 0 radical (unpaired) electrons. The number of aromatic nitrogens is 1. The minimum absolute atomic E-state index is 0.273. The largest absolute Gasteiger partial charge is 0.377 e. The normalized spacial score (nSPS) is 12.4. The van der Waals surface area contributed by atoms with Gasteiger partial charge in [0.1, 0.15) is 11.6 Å². The standard InChI is InChI=1S/C17H12BrClF2N2/c1-9(10-4-2-3-5-13(10)20)23-17-12(19)8-22-14-7-6-11(18)16(21)15(14)17/h2-9H,1H3,(H,22,23). The van der Waals surface area contributed by atoms with E-state index in [1.165, 1.54) is 12.3 Å². The Hall–Kier alpha value is -1.72. The molecule has 0 saturated heterocycles. The van der Waals surface area contributed by atoms with Crippen molar-refractivity contribution < 1.29 is 8.78 Å². The molecule has 3 rings (SSSR count). The minimum Gasteiger partial charge on any atom is -0.377 e. The van der Waals surface area contributed by atoms with E-state index in [1.807, 2.05) is 0 Å². The summed E-state index contributed by atoms with van der Waals surface area (Å²) in [5.74, 6) is -0.788. The summed E-state index contributed by atoms with van der Waals surface area (Å²) < 4.78 is 28.8. The summed E-state index contributed by atoms with van der Waals surface area (Å²) in [4.78, 5) is 4.13. The van der Waals surface area contributed by atoms with Crippen LogP contribution in [0.2, 0.25) is 5.02 Å². The monoisotopic (exact) mass is 396 g/mol. The number of benzene rings is 2. The van der Waals surface area contributed by atoms with Crippen LogP contribution in [0.3, 0.4) is 0 Å². The van der Waals surface area contributed by atoms with Gasteiger partial charge in [-0.05, 0) is 41.1 Å². The van der Waals surface area contributed by atoms with Gasteiger partial charge < -0.3 is 5.32 Å². The third-order valence-electron chi connectivity index (χ3n) is 3.61. The Labute approximate surface area is 145 Å². The molecule has 6 heteroatoms. The molecule has 1 heterocycles. The highest BCUT2D eigenvalue weighted by molar-refractivity contribution is 9.10. The first-order valence-corrected chi connectivity index (χ1v) is 8.09. The molecule has 118 valence electrons. The average Bonchev–Trinajstić information content (AvgIpc) is 2.53. The van der Waals surface area contributed by atoms with E-state index in [9.17, 15) is 8.78 Å². The van der Waals surface area contributed by atoms with Gasteiger partial charge in [-0.3, -0.25) is 4.98 Å². The molecule has 0 saturated carbocycles. The molecule has 1 N–H and O–H groups in total. The SMILES string of the molecule is CC(Nc1c(Cl)cnc2ccc(Br)c(F)c12)c1ccccc1F. The molecule has 1 atom stereocenters. The molecule has 23 heavy (non-hydrogen) atoms. The smallest absolute Gasteiger partial charge is 0.148 e. The average molecular weight is 398 g/mol. The van der Waals surface area contributed by atoms with Crippen LogP contribution in [0.25, 0.3) is 10.9 Å². The van der Waals surface area contributed by atoms with Gasteiger partial charge in [-0.15, -0.1) is 0 Å². The molecule has 0 amide bonds. The van der Waals surface area contributed by atoms with E-state index in [1.54, 1.807) is 37.3 Å². The number of pyridine rings is 1. The van der Waals surface area contributed by atoms with Crippen LogP contribution in [0, 0.1) is 11.6 Å². The molecule has 0 aliphatic carbocycles. The molecular formula is C17H12BrClF2N2. The number of nitrogens with one attached hydrogen (secondary N) is 1. The highest BCUT2D eigenvalue weighted by Crippen LogP contribution is 2.36. The lowest BCUT2D eigenvalue weighted by Crippen LogP contribution is -2.10. The third-order valence-corrected chi connectivity index (χ3v) is 4.51. The first kappa shape index (κ1) is 16.1.